The largest absolute Gasteiger partial charge is 0.366 e. The first-order valence-corrected chi connectivity index (χ1v) is 9.89. The van der Waals surface area contributed by atoms with Gasteiger partial charge in [-0.05, 0) is 44.2 Å². The Morgan fingerprint density at radius 1 is 1.18 bits per heavy atom. The molecule has 2 amide bonds. The molecule has 0 radical (unpaired) electrons. The van der Waals surface area contributed by atoms with Crippen molar-refractivity contribution in [1.82, 2.24) is 19.7 Å². The lowest BCUT2D eigenvalue weighted by Crippen LogP contribution is -2.18. The van der Waals surface area contributed by atoms with E-state index in [1.807, 2.05) is 6.07 Å². The molecule has 0 aliphatic heterocycles. The van der Waals surface area contributed by atoms with Crippen molar-refractivity contribution in [3.05, 3.63) is 82.3 Å². The molecule has 10 heteroatoms. The number of rotatable bonds is 5. The van der Waals surface area contributed by atoms with Crippen LogP contribution in [0.15, 0.2) is 42.5 Å². The third kappa shape index (κ3) is 4.12. The van der Waals surface area contributed by atoms with E-state index in [9.17, 15) is 14.0 Å². The van der Waals surface area contributed by atoms with E-state index in [-0.39, 0.29) is 22.2 Å². The number of nitriles is 1. The molecule has 0 fully saturated rings. The molecule has 0 aliphatic rings. The normalized spacial score (nSPS) is 10.7. The number of carbonyl (C=O) groups excluding carboxylic acids is 2. The summed E-state index contributed by atoms with van der Waals surface area (Å²) in [6.07, 6.45) is 0. The van der Waals surface area contributed by atoms with Crippen molar-refractivity contribution < 1.29 is 14.0 Å². The van der Waals surface area contributed by atoms with Gasteiger partial charge in [-0.25, -0.2) is 14.4 Å². The number of benzene rings is 1. The Hall–Kier alpha value is -4.65. The number of nitrogens with one attached hydrogen (secondary N) is 1. The third-order valence-electron chi connectivity index (χ3n) is 5.13. The Morgan fingerprint density at radius 2 is 1.94 bits per heavy atom. The number of aryl methyl sites for hydroxylation is 1. The number of hydrogen-bond acceptors (Lipinski definition) is 6. The molecule has 0 unspecified atom stereocenters. The van der Waals surface area contributed by atoms with Gasteiger partial charge in [0.15, 0.2) is 0 Å². The molecule has 3 heterocycles. The van der Waals surface area contributed by atoms with Crippen LogP contribution in [0.4, 0.5) is 10.1 Å². The van der Waals surface area contributed by atoms with Crippen LogP contribution in [0.3, 0.4) is 0 Å². The number of carbonyl (C=O) groups is 2. The topological polar surface area (TPSA) is 140 Å². The van der Waals surface area contributed by atoms with E-state index in [1.165, 1.54) is 24.3 Å². The van der Waals surface area contributed by atoms with E-state index in [0.29, 0.717) is 35.0 Å². The number of nitrogens with zero attached hydrogens (tertiary/aromatic N) is 5. The molecule has 0 saturated carbocycles. The highest BCUT2D eigenvalue weighted by molar-refractivity contribution is 6.10. The minimum atomic E-state index is -0.867. The van der Waals surface area contributed by atoms with E-state index in [2.05, 4.69) is 20.4 Å². The second-order valence-corrected chi connectivity index (χ2v) is 7.34. The van der Waals surface area contributed by atoms with Crippen LogP contribution in [0.2, 0.25) is 0 Å². The second kappa shape index (κ2) is 8.47. The summed E-state index contributed by atoms with van der Waals surface area (Å²) in [5.74, 6) is -2.12. The van der Waals surface area contributed by atoms with Gasteiger partial charge in [0.05, 0.1) is 40.4 Å². The predicted octanol–water partition coefficient (Wildman–Crippen LogP) is 2.85. The average Bonchev–Trinajstić information content (AvgIpc) is 3.05. The first-order valence-electron chi connectivity index (χ1n) is 9.89. The molecule has 0 bridgehead atoms. The van der Waals surface area contributed by atoms with Gasteiger partial charge in [0.1, 0.15) is 23.3 Å². The van der Waals surface area contributed by atoms with Crippen molar-refractivity contribution in [3.63, 3.8) is 0 Å². The standard InChI is InChI=1S/C23H18FN7O2/c1-12-21(13(2)31(30-12)11-15-6-3-5-14(10-25)27-15)29-23(33)19-9-16(22(26)32)20-17(24)7-4-8-18(20)28-19/h3-9H,11H2,1-2H3,(H2,26,32)(H,29,33). The molecule has 33 heavy (non-hydrogen) atoms. The van der Waals surface area contributed by atoms with Crippen molar-refractivity contribution in [2.24, 2.45) is 5.73 Å². The summed E-state index contributed by atoms with van der Waals surface area (Å²) >= 11 is 0. The van der Waals surface area contributed by atoms with Gasteiger partial charge in [-0.1, -0.05) is 12.1 Å². The van der Waals surface area contributed by atoms with Crippen LogP contribution in [-0.2, 0) is 6.54 Å². The van der Waals surface area contributed by atoms with Gasteiger partial charge in [-0.2, -0.15) is 10.4 Å². The zero-order chi connectivity index (χ0) is 23.7. The number of nitrogens with two attached hydrogens (primary N) is 1. The average molecular weight is 443 g/mol. The lowest BCUT2D eigenvalue weighted by molar-refractivity contribution is 0.100. The van der Waals surface area contributed by atoms with Crippen molar-refractivity contribution in [2.45, 2.75) is 20.4 Å². The molecule has 9 nitrogen and oxygen atoms in total. The third-order valence-corrected chi connectivity index (χ3v) is 5.13. The molecular formula is C23H18FN7O2. The summed E-state index contributed by atoms with van der Waals surface area (Å²) in [5.41, 5.74) is 7.96. The zero-order valence-corrected chi connectivity index (χ0v) is 17.8. The number of hydrogen-bond donors (Lipinski definition) is 2. The molecule has 0 atom stereocenters. The number of primary amides is 1. The number of pyridine rings is 2. The fourth-order valence-corrected chi connectivity index (χ4v) is 3.55. The number of fused-ring (bicyclic) bond motifs is 1. The van der Waals surface area contributed by atoms with Gasteiger partial charge >= 0.3 is 0 Å². The second-order valence-electron chi connectivity index (χ2n) is 7.34. The first-order chi connectivity index (χ1) is 15.8. The molecular weight excluding hydrogens is 425 g/mol. The summed E-state index contributed by atoms with van der Waals surface area (Å²) in [6.45, 7) is 3.81. The van der Waals surface area contributed by atoms with Gasteiger partial charge in [0, 0.05) is 5.39 Å². The molecule has 4 aromatic rings. The highest BCUT2D eigenvalue weighted by Gasteiger charge is 2.20. The van der Waals surface area contributed by atoms with E-state index < -0.39 is 17.6 Å². The molecule has 0 saturated heterocycles. The number of anilines is 1. The van der Waals surface area contributed by atoms with Crippen LogP contribution in [-0.4, -0.2) is 31.6 Å². The van der Waals surface area contributed by atoms with Crippen molar-refractivity contribution in [3.8, 4) is 6.07 Å². The zero-order valence-electron chi connectivity index (χ0n) is 17.8. The lowest BCUT2D eigenvalue weighted by atomic mass is 10.1. The van der Waals surface area contributed by atoms with Crippen molar-refractivity contribution in [2.75, 3.05) is 5.32 Å². The Balaban J connectivity index is 1.66. The maximum Gasteiger partial charge on any atom is 0.274 e. The number of amides is 2. The van der Waals surface area contributed by atoms with E-state index in [1.54, 1.807) is 36.7 Å². The summed E-state index contributed by atoms with van der Waals surface area (Å²) < 4.78 is 15.9. The van der Waals surface area contributed by atoms with Gasteiger partial charge in [-0.15, -0.1) is 0 Å². The summed E-state index contributed by atoms with van der Waals surface area (Å²) in [4.78, 5) is 33.3. The van der Waals surface area contributed by atoms with Crippen LogP contribution in [0.1, 0.15) is 43.6 Å². The molecule has 0 aliphatic carbocycles. The maximum atomic E-state index is 14.2. The Labute approximate surface area is 187 Å². The highest BCUT2D eigenvalue weighted by Crippen LogP contribution is 2.24. The predicted molar refractivity (Wildman–Crippen MR) is 118 cm³/mol. The van der Waals surface area contributed by atoms with Gasteiger partial charge in [0.2, 0.25) is 5.91 Å². The molecule has 0 spiro atoms. The SMILES string of the molecule is Cc1nn(Cc2cccc(C#N)n2)c(C)c1NC(=O)c1cc(C(N)=O)c2c(F)cccc2n1. The van der Waals surface area contributed by atoms with Gasteiger partial charge < -0.3 is 11.1 Å². The first kappa shape index (κ1) is 21.6. The Bertz CT molecular complexity index is 1470. The fraction of sp³-hybridized carbons (Fsp3) is 0.130. The molecule has 3 N–H and O–H groups in total. The Morgan fingerprint density at radius 3 is 2.67 bits per heavy atom. The van der Waals surface area contributed by atoms with Crippen LogP contribution in [0.25, 0.3) is 10.9 Å². The van der Waals surface area contributed by atoms with Crippen molar-refractivity contribution in [1.29, 1.82) is 5.26 Å². The van der Waals surface area contributed by atoms with Gasteiger partial charge in [0.25, 0.3) is 5.91 Å². The molecule has 3 aromatic heterocycles. The fourth-order valence-electron chi connectivity index (χ4n) is 3.55. The van der Waals surface area contributed by atoms with Gasteiger partial charge in [-0.3, -0.25) is 14.3 Å². The minimum Gasteiger partial charge on any atom is -0.366 e. The van der Waals surface area contributed by atoms with E-state index in [4.69, 9.17) is 11.0 Å². The van der Waals surface area contributed by atoms with E-state index in [0.717, 1.165) is 0 Å². The molecule has 164 valence electrons. The van der Waals surface area contributed by atoms with Crippen LogP contribution in [0, 0.1) is 31.0 Å². The maximum absolute atomic E-state index is 14.2. The molecule has 1 aromatic carbocycles. The highest BCUT2D eigenvalue weighted by atomic mass is 19.1. The summed E-state index contributed by atoms with van der Waals surface area (Å²) in [7, 11) is 0. The van der Waals surface area contributed by atoms with Crippen LogP contribution < -0.4 is 11.1 Å². The summed E-state index contributed by atoms with van der Waals surface area (Å²) in [5, 5.41) is 16.2. The number of halogens is 1. The smallest absolute Gasteiger partial charge is 0.274 e. The van der Waals surface area contributed by atoms with Crippen LogP contribution >= 0.6 is 0 Å². The lowest BCUT2D eigenvalue weighted by Gasteiger charge is -2.10. The van der Waals surface area contributed by atoms with Crippen LogP contribution in [0.5, 0.6) is 0 Å². The van der Waals surface area contributed by atoms with Crippen molar-refractivity contribution >= 4 is 28.4 Å². The van der Waals surface area contributed by atoms with E-state index >= 15 is 0 Å². The molecule has 4 rings (SSSR count). The summed E-state index contributed by atoms with van der Waals surface area (Å²) in [6, 6.07) is 12.4. The minimum absolute atomic E-state index is 0.0335. The quantitative estimate of drug-likeness (QED) is 0.486. The number of aromatic nitrogens is 4. The monoisotopic (exact) mass is 443 g/mol. The Kier molecular flexibility index (Phi) is 5.54.